The zero-order chi connectivity index (χ0) is 14.0. The molecule has 0 atom stereocenters. The fourth-order valence-corrected chi connectivity index (χ4v) is 1.15. The van der Waals surface area contributed by atoms with Gasteiger partial charge in [-0.2, -0.15) is 0 Å². The lowest BCUT2D eigenvalue weighted by molar-refractivity contribution is -0.123. The molecule has 19 heavy (non-hydrogen) atoms. The normalized spacial score (nSPS) is 10.5. The first-order valence-electron chi connectivity index (χ1n) is 6.02. The van der Waals surface area contributed by atoms with Gasteiger partial charge in [-0.1, -0.05) is 6.92 Å². The van der Waals surface area contributed by atoms with E-state index in [0.717, 1.165) is 6.42 Å². The Morgan fingerprint density at radius 2 is 1.68 bits per heavy atom. The van der Waals surface area contributed by atoms with Crippen LogP contribution in [0.1, 0.15) is 32.6 Å². The van der Waals surface area contributed by atoms with Crippen molar-refractivity contribution < 1.29 is 18.4 Å². The summed E-state index contributed by atoms with van der Waals surface area (Å²) in [5.41, 5.74) is 4.82. The molecule has 0 aliphatic rings. The summed E-state index contributed by atoms with van der Waals surface area (Å²) in [7, 11) is 0. The summed E-state index contributed by atoms with van der Waals surface area (Å²) in [5, 5.41) is 4.75. The first kappa shape index (κ1) is 20.4. The quantitative estimate of drug-likeness (QED) is 0.589. The number of hydrogen-bond acceptors (Lipinski definition) is 3. The summed E-state index contributed by atoms with van der Waals surface area (Å²) in [6.07, 6.45) is 1.47. The molecule has 0 aliphatic carbocycles. The van der Waals surface area contributed by atoms with Crippen LogP contribution in [0.15, 0.2) is 0 Å². The second-order valence-electron chi connectivity index (χ2n) is 4.04. The van der Waals surface area contributed by atoms with Gasteiger partial charge in [-0.15, -0.1) is 12.4 Å². The van der Waals surface area contributed by atoms with Crippen LogP contribution in [0.3, 0.4) is 0 Å². The van der Waals surface area contributed by atoms with E-state index in [1.54, 1.807) is 0 Å². The molecule has 0 radical (unpaired) electrons. The lowest BCUT2D eigenvalue weighted by atomic mass is 10.2. The Morgan fingerprint density at radius 1 is 1.16 bits per heavy atom. The van der Waals surface area contributed by atoms with E-state index in [9.17, 15) is 18.4 Å². The highest BCUT2D eigenvalue weighted by Gasteiger charge is 2.26. The van der Waals surface area contributed by atoms with E-state index in [2.05, 4.69) is 10.6 Å². The van der Waals surface area contributed by atoms with Crippen LogP contribution >= 0.6 is 12.4 Å². The Kier molecular flexibility index (Phi) is 11.7. The molecule has 0 aromatic rings. The van der Waals surface area contributed by atoms with Gasteiger partial charge in [0.1, 0.15) is 0 Å². The second-order valence-corrected chi connectivity index (χ2v) is 4.04. The molecule has 5 nitrogen and oxygen atoms in total. The van der Waals surface area contributed by atoms with Gasteiger partial charge in [0.2, 0.25) is 11.8 Å². The third kappa shape index (κ3) is 11.9. The summed E-state index contributed by atoms with van der Waals surface area (Å²) >= 11 is 0. The first-order valence-corrected chi connectivity index (χ1v) is 6.02. The van der Waals surface area contributed by atoms with Crippen LogP contribution in [0.4, 0.5) is 8.78 Å². The molecule has 0 bridgehead atoms. The monoisotopic (exact) mass is 301 g/mol. The maximum Gasteiger partial charge on any atom is 0.277 e. The molecule has 0 saturated heterocycles. The third-order valence-corrected chi connectivity index (χ3v) is 2.22. The third-order valence-electron chi connectivity index (χ3n) is 2.22. The zero-order valence-electron chi connectivity index (χ0n) is 11.0. The summed E-state index contributed by atoms with van der Waals surface area (Å²) in [6.45, 7) is 0.982. The average molecular weight is 302 g/mol. The first-order chi connectivity index (χ1) is 8.41. The van der Waals surface area contributed by atoms with Crippen molar-refractivity contribution in [3.05, 3.63) is 0 Å². The molecule has 0 spiro atoms. The van der Waals surface area contributed by atoms with Gasteiger partial charge in [0.25, 0.3) is 5.92 Å². The molecule has 8 heteroatoms. The Hall–Kier alpha value is -0.950. The number of amides is 2. The topological polar surface area (TPSA) is 84.2 Å². The lowest BCUT2D eigenvalue weighted by Crippen LogP contribution is -2.41. The van der Waals surface area contributed by atoms with Crippen molar-refractivity contribution in [2.24, 2.45) is 5.73 Å². The Bertz CT molecular complexity index is 279. The average Bonchev–Trinajstić information content (AvgIpc) is 2.34. The van der Waals surface area contributed by atoms with Gasteiger partial charge in [-0.05, 0) is 12.8 Å². The summed E-state index contributed by atoms with van der Waals surface area (Å²) in [4.78, 5) is 22.4. The molecule has 114 valence electrons. The largest absolute Gasteiger partial charge is 0.356 e. The fourth-order valence-electron chi connectivity index (χ4n) is 1.15. The van der Waals surface area contributed by atoms with Crippen molar-refractivity contribution in [1.82, 2.24) is 10.6 Å². The minimum atomic E-state index is -3.08. The van der Waals surface area contributed by atoms with E-state index in [-0.39, 0.29) is 31.2 Å². The molecule has 0 aromatic carbocycles. The molecule has 0 rings (SSSR count). The Morgan fingerprint density at radius 3 is 2.16 bits per heavy atom. The highest BCUT2D eigenvalue weighted by Crippen LogP contribution is 2.08. The van der Waals surface area contributed by atoms with Crippen LogP contribution in [-0.4, -0.2) is 37.4 Å². The van der Waals surface area contributed by atoms with Crippen LogP contribution < -0.4 is 16.4 Å². The van der Waals surface area contributed by atoms with Gasteiger partial charge < -0.3 is 16.4 Å². The standard InChI is InChI=1S/C11H21F2N3O2.ClH/c1-2-6-15-9(17)4-3-5-10(18)16-8-11(12,13)7-14;/h2-8,14H2,1H3,(H,15,17)(H,16,18);1H. The number of alkyl halides is 2. The van der Waals surface area contributed by atoms with E-state index in [1.165, 1.54) is 0 Å². The summed E-state index contributed by atoms with van der Waals surface area (Å²) in [5.74, 6) is -3.70. The van der Waals surface area contributed by atoms with Crippen molar-refractivity contribution in [3.8, 4) is 0 Å². The predicted octanol–water partition coefficient (Wildman–Crippen LogP) is 0.815. The molecule has 0 fully saturated rings. The van der Waals surface area contributed by atoms with E-state index < -0.39 is 24.9 Å². The summed E-state index contributed by atoms with van der Waals surface area (Å²) < 4.78 is 25.4. The van der Waals surface area contributed by atoms with Gasteiger partial charge in [0.15, 0.2) is 0 Å². The van der Waals surface area contributed by atoms with Crippen LogP contribution in [0.2, 0.25) is 0 Å². The molecule has 0 saturated carbocycles. The van der Waals surface area contributed by atoms with E-state index >= 15 is 0 Å². The smallest absolute Gasteiger partial charge is 0.277 e. The van der Waals surface area contributed by atoms with E-state index in [4.69, 9.17) is 5.73 Å². The van der Waals surface area contributed by atoms with Crippen LogP contribution in [0.5, 0.6) is 0 Å². The molecule has 4 N–H and O–H groups in total. The molecule has 0 aliphatic heterocycles. The lowest BCUT2D eigenvalue weighted by Gasteiger charge is -2.14. The van der Waals surface area contributed by atoms with Gasteiger partial charge in [0, 0.05) is 19.4 Å². The van der Waals surface area contributed by atoms with Gasteiger partial charge in [-0.3, -0.25) is 9.59 Å². The fraction of sp³-hybridized carbons (Fsp3) is 0.818. The number of halogens is 3. The van der Waals surface area contributed by atoms with Crippen molar-refractivity contribution in [2.75, 3.05) is 19.6 Å². The number of nitrogens with two attached hydrogens (primary N) is 1. The number of carbonyl (C=O) groups excluding carboxylic acids is 2. The Labute approximate surface area is 118 Å². The van der Waals surface area contributed by atoms with E-state index in [1.807, 2.05) is 6.92 Å². The zero-order valence-corrected chi connectivity index (χ0v) is 11.8. The number of carbonyl (C=O) groups is 2. The molecule has 0 unspecified atom stereocenters. The van der Waals surface area contributed by atoms with Gasteiger partial charge in [-0.25, -0.2) is 8.78 Å². The van der Waals surface area contributed by atoms with Crippen molar-refractivity contribution in [3.63, 3.8) is 0 Å². The van der Waals surface area contributed by atoms with Gasteiger partial charge in [0.05, 0.1) is 13.1 Å². The van der Waals surface area contributed by atoms with Crippen LogP contribution in [0.25, 0.3) is 0 Å². The van der Waals surface area contributed by atoms with Crippen LogP contribution in [0, 0.1) is 0 Å². The molecule has 2 amide bonds. The van der Waals surface area contributed by atoms with Crippen molar-refractivity contribution >= 4 is 24.2 Å². The van der Waals surface area contributed by atoms with Crippen molar-refractivity contribution in [2.45, 2.75) is 38.5 Å². The van der Waals surface area contributed by atoms with Crippen LogP contribution in [-0.2, 0) is 9.59 Å². The Balaban J connectivity index is 0. The number of rotatable bonds is 9. The highest BCUT2D eigenvalue weighted by molar-refractivity contribution is 5.85. The molecule has 0 heterocycles. The number of hydrogen-bond donors (Lipinski definition) is 3. The maximum atomic E-state index is 12.7. The maximum absolute atomic E-state index is 12.7. The van der Waals surface area contributed by atoms with Gasteiger partial charge >= 0.3 is 0 Å². The molecule has 0 aromatic heterocycles. The second kappa shape index (κ2) is 10.9. The minimum Gasteiger partial charge on any atom is -0.356 e. The molecular formula is C11H22ClF2N3O2. The minimum absolute atomic E-state index is 0. The van der Waals surface area contributed by atoms with Crippen molar-refractivity contribution in [1.29, 1.82) is 0 Å². The highest BCUT2D eigenvalue weighted by atomic mass is 35.5. The summed E-state index contributed by atoms with van der Waals surface area (Å²) in [6, 6.07) is 0. The SMILES string of the molecule is CCCNC(=O)CCCC(=O)NCC(F)(F)CN.Cl. The predicted molar refractivity (Wildman–Crippen MR) is 71.4 cm³/mol. The van der Waals surface area contributed by atoms with E-state index in [0.29, 0.717) is 13.0 Å². The number of nitrogens with one attached hydrogen (secondary N) is 2. The molecular weight excluding hydrogens is 280 g/mol.